The number of rotatable bonds is 2. The van der Waals surface area contributed by atoms with Crippen molar-refractivity contribution in [2.45, 2.75) is 26.1 Å². The minimum absolute atomic E-state index is 0.202. The zero-order valence-electron chi connectivity index (χ0n) is 11.8. The highest BCUT2D eigenvalue weighted by Gasteiger charge is 2.42. The zero-order valence-corrected chi connectivity index (χ0v) is 12.8. The second-order valence-electron chi connectivity index (χ2n) is 6.17. The highest BCUT2D eigenvalue weighted by atomic mass is 28.3. The van der Waals surface area contributed by atoms with Crippen LogP contribution in [0.2, 0.25) is 19.6 Å². The van der Waals surface area contributed by atoms with Gasteiger partial charge in [-0.1, -0.05) is 49.1 Å². The van der Waals surface area contributed by atoms with Crippen LogP contribution in [0, 0.1) is 0 Å². The third-order valence-electron chi connectivity index (χ3n) is 4.02. The molecule has 0 atom stereocenters. The predicted octanol–water partition coefficient (Wildman–Crippen LogP) is 3.66. The Kier molecular flexibility index (Phi) is 2.57. The van der Waals surface area contributed by atoms with Crippen LogP contribution in [-0.2, 0) is 9.53 Å². The van der Waals surface area contributed by atoms with Gasteiger partial charge in [0.15, 0.2) is 0 Å². The minimum Gasteiger partial charge on any atom is -0.465 e. The topological polar surface area (TPSA) is 26.3 Å². The van der Waals surface area contributed by atoms with Gasteiger partial charge >= 0.3 is 5.97 Å². The molecule has 19 heavy (non-hydrogen) atoms. The van der Waals surface area contributed by atoms with E-state index >= 15 is 0 Å². The molecule has 0 saturated heterocycles. The summed E-state index contributed by atoms with van der Waals surface area (Å²) in [5.74, 6) is -0.202. The normalized spacial score (nSPS) is 17.1. The number of hydrogen-bond acceptors (Lipinski definition) is 2. The molecule has 2 aliphatic rings. The molecule has 0 bridgehead atoms. The van der Waals surface area contributed by atoms with Crippen LogP contribution in [0.1, 0.15) is 17.5 Å². The molecule has 0 spiro atoms. The average molecular weight is 270 g/mol. The molecule has 2 aliphatic carbocycles. The van der Waals surface area contributed by atoms with Crippen LogP contribution in [-0.4, -0.2) is 21.2 Å². The largest absolute Gasteiger partial charge is 0.465 e. The van der Waals surface area contributed by atoms with E-state index in [1.54, 1.807) is 5.20 Å². The van der Waals surface area contributed by atoms with Crippen molar-refractivity contribution >= 4 is 25.2 Å². The molecule has 0 aromatic heterocycles. The van der Waals surface area contributed by atoms with Gasteiger partial charge in [-0.15, -0.1) is 0 Å². The van der Waals surface area contributed by atoms with Crippen molar-refractivity contribution in [2.24, 2.45) is 0 Å². The smallest absolute Gasteiger partial charge is 0.338 e. The van der Waals surface area contributed by atoms with Crippen molar-refractivity contribution in [3.05, 3.63) is 46.2 Å². The van der Waals surface area contributed by atoms with Gasteiger partial charge in [0.05, 0.1) is 20.8 Å². The van der Waals surface area contributed by atoms with Crippen molar-refractivity contribution in [2.75, 3.05) is 7.11 Å². The van der Waals surface area contributed by atoms with E-state index in [0.29, 0.717) is 0 Å². The van der Waals surface area contributed by atoms with Gasteiger partial charge in [-0.05, 0) is 28.7 Å². The Labute approximate surface area is 114 Å². The first kappa shape index (κ1) is 12.4. The Morgan fingerprint density at radius 1 is 1.16 bits per heavy atom. The number of esters is 1. The second-order valence-corrected chi connectivity index (χ2v) is 11.3. The third kappa shape index (κ3) is 1.65. The number of hydrogen-bond donors (Lipinski definition) is 0. The summed E-state index contributed by atoms with van der Waals surface area (Å²) < 4.78 is 4.96. The molecule has 0 unspecified atom stereocenters. The van der Waals surface area contributed by atoms with Crippen molar-refractivity contribution in [1.82, 2.24) is 0 Å². The van der Waals surface area contributed by atoms with E-state index < -0.39 is 8.07 Å². The first-order valence-electron chi connectivity index (χ1n) is 6.60. The van der Waals surface area contributed by atoms with Gasteiger partial charge in [-0.3, -0.25) is 0 Å². The SMILES string of the molecule is COC(=O)C1=C2CC([Si](C)(C)C)=C2c2ccccc21. The molecule has 1 aromatic carbocycles. The molecule has 0 radical (unpaired) electrons. The van der Waals surface area contributed by atoms with E-state index in [-0.39, 0.29) is 5.97 Å². The maximum Gasteiger partial charge on any atom is 0.338 e. The van der Waals surface area contributed by atoms with E-state index in [1.165, 1.54) is 23.8 Å². The number of benzene rings is 1. The fourth-order valence-corrected chi connectivity index (χ4v) is 4.77. The van der Waals surface area contributed by atoms with Crippen molar-refractivity contribution < 1.29 is 9.53 Å². The Balaban J connectivity index is 2.25. The molecular formula is C16H18O2Si. The summed E-state index contributed by atoms with van der Waals surface area (Å²) in [5, 5.41) is 1.58. The molecule has 2 nitrogen and oxygen atoms in total. The maximum atomic E-state index is 12.0. The van der Waals surface area contributed by atoms with Gasteiger partial charge in [0.25, 0.3) is 0 Å². The zero-order chi connectivity index (χ0) is 13.8. The maximum absolute atomic E-state index is 12.0. The van der Waals surface area contributed by atoms with Gasteiger partial charge in [-0.25, -0.2) is 4.79 Å². The summed E-state index contributed by atoms with van der Waals surface area (Å²) in [4.78, 5) is 12.0. The van der Waals surface area contributed by atoms with Gasteiger partial charge in [0.1, 0.15) is 0 Å². The number of fused-ring (bicyclic) bond motifs is 3. The summed E-state index contributed by atoms with van der Waals surface area (Å²) >= 11 is 0. The molecule has 0 amide bonds. The van der Waals surface area contributed by atoms with Crippen LogP contribution in [0.25, 0.3) is 11.1 Å². The fourth-order valence-electron chi connectivity index (χ4n) is 3.02. The van der Waals surface area contributed by atoms with Crippen LogP contribution in [0.3, 0.4) is 0 Å². The highest BCUT2D eigenvalue weighted by molar-refractivity contribution is 6.85. The van der Waals surface area contributed by atoms with Gasteiger partial charge in [0, 0.05) is 0 Å². The quantitative estimate of drug-likeness (QED) is 0.605. The lowest BCUT2D eigenvalue weighted by Crippen LogP contribution is -2.30. The van der Waals surface area contributed by atoms with Crippen molar-refractivity contribution in [3.8, 4) is 0 Å². The standard InChI is InChI=1S/C16H18O2Si/c1-18-16(17)15-11-8-6-5-7-10(11)14-12(15)9-13(14)19(2,3)4/h5-8H,9H2,1-4H3. The molecule has 0 saturated carbocycles. The molecule has 1 aromatic rings. The lowest BCUT2D eigenvalue weighted by Gasteiger charge is -2.33. The average Bonchev–Trinajstić information content (AvgIpc) is 2.55. The van der Waals surface area contributed by atoms with Crippen LogP contribution in [0.15, 0.2) is 35.0 Å². The van der Waals surface area contributed by atoms with Crippen molar-refractivity contribution in [3.63, 3.8) is 0 Å². The lowest BCUT2D eigenvalue weighted by atomic mass is 9.89. The predicted molar refractivity (Wildman–Crippen MR) is 80.3 cm³/mol. The van der Waals surface area contributed by atoms with E-state index in [2.05, 4.69) is 25.7 Å². The molecule has 98 valence electrons. The third-order valence-corrected chi connectivity index (χ3v) is 6.26. The van der Waals surface area contributed by atoms with Gasteiger partial charge < -0.3 is 4.74 Å². The highest BCUT2D eigenvalue weighted by Crippen LogP contribution is 2.54. The summed E-state index contributed by atoms with van der Waals surface area (Å²) in [6, 6.07) is 8.19. The molecule has 3 rings (SSSR count). The van der Waals surface area contributed by atoms with E-state index in [1.807, 2.05) is 18.2 Å². The molecular weight excluding hydrogens is 252 g/mol. The summed E-state index contributed by atoms with van der Waals surface area (Å²) in [7, 11) is 0.147. The summed E-state index contributed by atoms with van der Waals surface area (Å²) in [5.41, 5.74) is 5.60. The number of methoxy groups -OCH3 is 1. The van der Waals surface area contributed by atoms with Crippen LogP contribution < -0.4 is 0 Å². The molecule has 0 fully saturated rings. The van der Waals surface area contributed by atoms with Crippen LogP contribution >= 0.6 is 0 Å². The lowest BCUT2D eigenvalue weighted by molar-refractivity contribution is -0.133. The Morgan fingerprint density at radius 2 is 1.79 bits per heavy atom. The van der Waals surface area contributed by atoms with Gasteiger partial charge in [0.2, 0.25) is 0 Å². The minimum atomic E-state index is -1.31. The van der Waals surface area contributed by atoms with E-state index in [9.17, 15) is 4.79 Å². The number of carbonyl (C=O) groups is 1. The molecule has 0 heterocycles. The van der Waals surface area contributed by atoms with Crippen LogP contribution in [0.5, 0.6) is 0 Å². The number of carbonyl (C=O) groups excluding carboxylic acids is 1. The van der Waals surface area contributed by atoms with Crippen LogP contribution in [0.4, 0.5) is 0 Å². The first-order valence-corrected chi connectivity index (χ1v) is 10.1. The number of allylic oxidation sites excluding steroid dienone is 3. The first-order chi connectivity index (χ1) is 8.95. The number of ether oxygens (including phenoxy) is 1. The fraction of sp³-hybridized carbons (Fsp3) is 0.312. The molecule has 0 aliphatic heterocycles. The molecule has 0 N–H and O–H groups in total. The Morgan fingerprint density at radius 3 is 2.37 bits per heavy atom. The Bertz CT molecular complexity index is 645. The van der Waals surface area contributed by atoms with E-state index in [0.717, 1.165) is 17.6 Å². The van der Waals surface area contributed by atoms with Gasteiger partial charge in [-0.2, -0.15) is 0 Å². The second kappa shape index (κ2) is 3.94. The molecule has 3 heteroatoms. The van der Waals surface area contributed by atoms with E-state index in [4.69, 9.17) is 4.74 Å². The Hall–Kier alpha value is -1.61. The summed E-state index contributed by atoms with van der Waals surface area (Å²) in [6.45, 7) is 7.10. The summed E-state index contributed by atoms with van der Waals surface area (Å²) in [6.07, 6.45) is 0.962. The van der Waals surface area contributed by atoms with Crippen molar-refractivity contribution in [1.29, 1.82) is 0 Å². The monoisotopic (exact) mass is 270 g/mol.